The number of alkyl halides is 3. The van der Waals surface area contributed by atoms with Gasteiger partial charge in [-0.05, 0) is 26.0 Å². The van der Waals surface area contributed by atoms with Crippen molar-refractivity contribution in [3.05, 3.63) is 61.5 Å². The molecular formula is C16H13ClF3N5OS. The summed E-state index contributed by atoms with van der Waals surface area (Å²) in [5.74, 6) is -0.0648. The van der Waals surface area contributed by atoms with Crippen LogP contribution in [0.4, 0.5) is 18.9 Å². The van der Waals surface area contributed by atoms with Crippen LogP contribution < -0.4 is 10.9 Å². The van der Waals surface area contributed by atoms with Gasteiger partial charge in [-0.25, -0.2) is 9.97 Å². The minimum absolute atomic E-state index is 0.0648. The Morgan fingerprint density at radius 2 is 1.96 bits per heavy atom. The van der Waals surface area contributed by atoms with Gasteiger partial charge in [0.15, 0.2) is 5.82 Å². The maximum Gasteiger partial charge on any atom is 0.417 e. The van der Waals surface area contributed by atoms with Gasteiger partial charge in [0.25, 0.3) is 5.56 Å². The van der Waals surface area contributed by atoms with Crippen molar-refractivity contribution in [2.45, 2.75) is 26.1 Å². The zero-order valence-electron chi connectivity index (χ0n) is 14.1. The van der Waals surface area contributed by atoms with Crippen LogP contribution in [0.1, 0.15) is 28.4 Å². The van der Waals surface area contributed by atoms with Gasteiger partial charge in [0.05, 0.1) is 23.5 Å². The van der Waals surface area contributed by atoms with Crippen LogP contribution in [0.2, 0.25) is 5.02 Å². The van der Waals surface area contributed by atoms with Gasteiger partial charge in [-0.2, -0.15) is 23.0 Å². The predicted molar refractivity (Wildman–Crippen MR) is 96.5 cm³/mol. The van der Waals surface area contributed by atoms with Gasteiger partial charge in [0.1, 0.15) is 10.0 Å². The number of anilines is 1. The standard InChI is InChI=1S/C16H13ClF3N5OS/c1-8-5-22-14(27-8)9(2)24-11-7-23-25(15(26)13(11)17)12-4-3-10(6-21-12)16(18,19)20/h3-7,9,24H,1-2H3. The first-order valence-electron chi connectivity index (χ1n) is 7.67. The van der Waals surface area contributed by atoms with E-state index in [1.165, 1.54) is 17.5 Å². The SMILES string of the molecule is Cc1cnc(C(C)Nc2cnn(-c3ccc(C(F)(F)F)cn3)c(=O)c2Cl)s1. The lowest BCUT2D eigenvalue weighted by Gasteiger charge is -2.14. The number of hydrogen-bond acceptors (Lipinski definition) is 6. The van der Waals surface area contributed by atoms with Crippen LogP contribution in [0.5, 0.6) is 0 Å². The smallest absolute Gasteiger partial charge is 0.373 e. The van der Waals surface area contributed by atoms with Gasteiger partial charge in [0, 0.05) is 17.3 Å². The summed E-state index contributed by atoms with van der Waals surface area (Å²) >= 11 is 7.63. The van der Waals surface area contributed by atoms with Crippen molar-refractivity contribution in [2.75, 3.05) is 5.32 Å². The summed E-state index contributed by atoms with van der Waals surface area (Å²) in [6.45, 7) is 3.79. The molecule has 1 atom stereocenters. The summed E-state index contributed by atoms with van der Waals surface area (Å²) < 4.78 is 38.7. The molecule has 0 aliphatic heterocycles. The molecule has 0 bridgehead atoms. The number of rotatable bonds is 4. The molecule has 0 aromatic carbocycles. The molecule has 0 fully saturated rings. The van der Waals surface area contributed by atoms with Gasteiger partial charge in [0.2, 0.25) is 0 Å². The Hall–Kier alpha value is -2.46. The molecule has 3 heterocycles. The fourth-order valence-electron chi connectivity index (χ4n) is 2.24. The number of nitrogens with one attached hydrogen (secondary N) is 1. The Kier molecular flexibility index (Phi) is 5.20. The summed E-state index contributed by atoms with van der Waals surface area (Å²) in [6.07, 6.45) is -0.817. The number of aryl methyl sites for hydroxylation is 1. The third-order valence-electron chi connectivity index (χ3n) is 3.59. The Morgan fingerprint density at radius 1 is 1.22 bits per heavy atom. The summed E-state index contributed by atoms with van der Waals surface area (Å²) in [4.78, 5) is 21.4. The lowest BCUT2D eigenvalue weighted by atomic mass is 10.3. The Labute approximate surface area is 160 Å². The lowest BCUT2D eigenvalue weighted by Crippen LogP contribution is -2.24. The average Bonchev–Trinajstić information content (AvgIpc) is 3.05. The predicted octanol–water partition coefficient (Wildman–Crippen LogP) is 4.24. The quantitative estimate of drug-likeness (QED) is 0.690. The molecule has 3 aromatic heterocycles. The lowest BCUT2D eigenvalue weighted by molar-refractivity contribution is -0.137. The van der Waals surface area contributed by atoms with E-state index in [4.69, 9.17) is 11.6 Å². The number of nitrogens with zero attached hydrogens (tertiary/aromatic N) is 4. The van der Waals surface area contributed by atoms with Crippen molar-refractivity contribution in [1.82, 2.24) is 19.7 Å². The highest BCUT2D eigenvalue weighted by Crippen LogP contribution is 2.29. The highest BCUT2D eigenvalue weighted by atomic mass is 35.5. The van der Waals surface area contributed by atoms with Crippen LogP contribution in [0, 0.1) is 6.92 Å². The van der Waals surface area contributed by atoms with E-state index in [0.29, 0.717) is 11.9 Å². The van der Waals surface area contributed by atoms with Gasteiger partial charge < -0.3 is 5.32 Å². The molecule has 0 amide bonds. The Bertz CT molecular complexity index is 1020. The molecule has 1 N–H and O–H groups in total. The maximum atomic E-state index is 12.6. The molecule has 0 aliphatic rings. The van der Waals surface area contributed by atoms with Crippen molar-refractivity contribution < 1.29 is 13.2 Å². The van der Waals surface area contributed by atoms with Gasteiger partial charge in [-0.15, -0.1) is 11.3 Å². The molecular weight excluding hydrogens is 403 g/mol. The monoisotopic (exact) mass is 415 g/mol. The van der Waals surface area contributed by atoms with E-state index >= 15 is 0 Å². The van der Waals surface area contributed by atoms with E-state index in [-0.39, 0.29) is 16.9 Å². The highest BCUT2D eigenvalue weighted by Gasteiger charge is 2.30. The molecule has 6 nitrogen and oxygen atoms in total. The Balaban J connectivity index is 1.88. The second-order valence-electron chi connectivity index (χ2n) is 5.67. The number of thiazole rings is 1. The fraction of sp³-hybridized carbons (Fsp3) is 0.250. The van der Waals surface area contributed by atoms with E-state index in [9.17, 15) is 18.0 Å². The zero-order chi connectivity index (χ0) is 19.8. The van der Waals surface area contributed by atoms with Crippen LogP contribution in [0.3, 0.4) is 0 Å². The van der Waals surface area contributed by atoms with E-state index in [1.54, 1.807) is 6.20 Å². The molecule has 0 spiro atoms. The number of pyridine rings is 1. The van der Waals surface area contributed by atoms with E-state index in [1.807, 2.05) is 13.8 Å². The zero-order valence-corrected chi connectivity index (χ0v) is 15.7. The minimum atomic E-state index is -4.51. The van der Waals surface area contributed by atoms with Gasteiger partial charge in [-0.3, -0.25) is 4.79 Å². The fourth-order valence-corrected chi connectivity index (χ4v) is 3.20. The summed E-state index contributed by atoms with van der Waals surface area (Å²) in [5.41, 5.74) is -1.32. The normalized spacial score (nSPS) is 12.8. The van der Waals surface area contributed by atoms with Crippen molar-refractivity contribution in [2.24, 2.45) is 0 Å². The van der Waals surface area contributed by atoms with Crippen LogP contribution >= 0.6 is 22.9 Å². The molecule has 142 valence electrons. The first-order chi connectivity index (χ1) is 12.7. The molecule has 27 heavy (non-hydrogen) atoms. The van der Waals surface area contributed by atoms with E-state index in [2.05, 4.69) is 20.4 Å². The van der Waals surface area contributed by atoms with Crippen LogP contribution in [0.25, 0.3) is 5.82 Å². The summed E-state index contributed by atoms with van der Waals surface area (Å²) in [5, 5.41) is 7.68. The number of halogens is 4. The molecule has 1 unspecified atom stereocenters. The maximum absolute atomic E-state index is 12.6. The topological polar surface area (TPSA) is 72.7 Å². The molecule has 11 heteroatoms. The summed E-state index contributed by atoms with van der Waals surface area (Å²) in [6, 6.07) is 1.67. The van der Waals surface area contributed by atoms with Crippen molar-refractivity contribution in [1.29, 1.82) is 0 Å². The third-order valence-corrected chi connectivity index (χ3v) is 5.05. The first-order valence-corrected chi connectivity index (χ1v) is 8.86. The van der Waals surface area contributed by atoms with E-state index in [0.717, 1.165) is 26.7 Å². The van der Waals surface area contributed by atoms with Crippen LogP contribution in [0.15, 0.2) is 35.5 Å². The molecule has 0 saturated heterocycles. The minimum Gasteiger partial charge on any atom is -0.373 e. The van der Waals surface area contributed by atoms with Gasteiger partial charge in [-0.1, -0.05) is 11.6 Å². The van der Waals surface area contributed by atoms with E-state index < -0.39 is 17.3 Å². The third kappa shape index (κ3) is 4.11. The number of aromatic nitrogens is 4. The molecule has 3 aromatic rings. The molecule has 0 saturated carbocycles. The molecule has 0 aliphatic carbocycles. The van der Waals surface area contributed by atoms with Gasteiger partial charge >= 0.3 is 6.18 Å². The molecule has 0 radical (unpaired) electrons. The summed E-state index contributed by atoms with van der Waals surface area (Å²) in [7, 11) is 0. The van der Waals surface area contributed by atoms with Crippen molar-refractivity contribution in [3.63, 3.8) is 0 Å². The second-order valence-corrected chi connectivity index (χ2v) is 7.31. The highest BCUT2D eigenvalue weighted by molar-refractivity contribution is 7.11. The molecule has 3 rings (SSSR count). The average molecular weight is 416 g/mol. The second kappa shape index (κ2) is 7.28. The van der Waals surface area contributed by atoms with Crippen LogP contribution in [-0.2, 0) is 6.18 Å². The van der Waals surface area contributed by atoms with Crippen LogP contribution in [-0.4, -0.2) is 19.7 Å². The number of hydrogen-bond donors (Lipinski definition) is 1. The largest absolute Gasteiger partial charge is 0.417 e. The van der Waals surface area contributed by atoms with Crippen molar-refractivity contribution in [3.8, 4) is 5.82 Å². The Morgan fingerprint density at radius 3 is 2.52 bits per heavy atom. The van der Waals surface area contributed by atoms with Crippen molar-refractivity contribution >= 4 is 28.6 Å². The first kappa shape index (κ1) is 19.3.